The molecule has 0 saturated carbocycles. The van der Waals surface area contributed by atoms with Crippen LogP contribution in [0.3, 0.4) is 0 Å². The summed E-state index contributed by atoms with van der Waals surface area (Å²) >= 11 is 18.5. The lowest BCUT2D eigenvalue weighted by Crippen LogP contribution is -2.31. The number of halogens is 3. The second-order valence-corrected chi connectivity index (χ2v) is 27.7. The van der Waals surface area contributed by atoms with Crippen molar-refractivity contribution in [1.82, 2.24) is 0 Å². The molecular formula is C86H45Cl3N6O15. The molecule has 18 rings (SSSR count). The van der Waals surface area contributed by atoms with Gasteiger partial charge in [0, 0.05) is 20.5 Å². The van der Waals surface area contributed by atoms with Crippen LogP contribution in [-0.4, -0.2) is 70.9 Å². The predicted molar refractivity (Wildman–Crippen MR) is 405 cm³/mol. The highest BCUT2D eigenvalue weighted by Gasteiger charge is 2.45. The maximum Gasteiger partial charge on any atom is 0.266 e. The lowest BCUT2D eigenvalue weighted by atomic mass is 9.71. The van der Waals surface area contributed by atoms with Crippen molar-refractivity contribution >= 4 is 140 Å². The van der Waals surface area contributed by atoms with Crippen molar-refractivity contribution in [3.63, 3.8) is 0 Å². The number of carbonyl (C=O) groups excluding carboxylic acids is 12. The van der Waals surface area contributed by atoms with Crippen LogP contribution in [0, 0.1) is 0 Å². The Morgan fingerprint density at radius 1 is 0.209 bits per heavy atom. The van der Waals surface area contributed by atoms with E-state index in [1.165, 1.54) is 164 Å². The van der Waals surface area contributed by atoms with Crippen molar-refractivity contribution in [3.05, 3.63) is 353 Å². The van der Waals surface area contributed by atoms with Crippen LogP contribution in [0.2, 0.25) is 15.1 Å². The summed E-state index contributed by atoms with van der Waals surface area (Å²) in [6.07, 6.45) is 0. The van der Waals surface area contributed by atoms with Gasteiger partial charge in [-0.3, -0.25) is 57.5 Å². The second-order valence-electron chi connectivity index (χ2n) is 26.4. The number of amides is 12. The molecule has 0 radical (unpaired) electrons. The third-order valence-electron chi connectivity index (χ3n) is 20.2. The molecule has 530 valence electrons. The van der Waals surface area contributed by atoms with Gasteiger partial charge in [-0.05, 0) is 224 Å². The van der Waals surface area contributed by atoms with Crippen LogP contribution in [0.1, 0.15) is 148 Å². The molecule has 0 spiro atoms. The lowest BCUT2D eigenvalue weighted by Gasteiger charge is -2.32. The monoisotopic (exact) mass is 1510 g/mol. The molecule has 0 N–H and O–H groups in total. The molecule has 110 heavy (non-hydrogen) atoms. The zero-order valence-corrected chi connectivity index (χ0v) is 59.0. The summed E-state index contributed by atoms with van der Waals surface area (Å²) in [5.41, 5.74) is 3.45. The maximum atomic E-state index is 14.2. The Hall–Kier alpha value is -14.3. The van der Waals surface area contributed by atoms with Crippen LogP contribution in [0.25, 0.3) is 0 Å². The Labute approximate surface area is 637 Å². The fourth-order valence-corrected chi connectivity index (χ4v) is 15.2. The van der Waals surface area contributed by atoms with Crippen LogP contribution in [0.5, 0.6) is 34.5 Å². The van der Waals surface area contributed by atoms with Gasteiger partial charge in [-0.15, -0.1) is 0 Å². The third-order valence-corrected chi connectivity index (χ3v) is 20.9. The Kier molecular flexibility index (Phi) is 15.7. The van der Waals surface area contributed by atoms with Crippen molar-refractivity contribution < 1.29 is 71.7 Å². The van der Waals surface area contributed by atoms with Crippen molar-refractivity contribution in [2.24, 2.45) is 0 Å². The topological polar surface area (TPSA) is 252 Å². The minimum atomic E-state index is -0.980. The van der Waals surface area contributed by atoms with E-state index in [-0.39, 0.29) is 133 Å². The van der Waals surface area contributed by atoms with E-state index >= 15 is 0 Å². The van der Waals surface area contributed by atoms with E-state index in [2.05, 4.69) is 0 Å². The molecule has 0 aromatic heterocycles. The summed E-state index contributed by atoms with van der Waals surface area (Å²) in [6, 6.07) is 66.4. The van der Waals surface area contributed by atoms with E-state index in [9.17, 15) is 57.5 Å². The van der Waals surface area contributed by atoms with Gasteiger partial charge in [-0.2, -0.15) is 0 Å². The first-order chi connectivity index (χ1) is 53.1. The third kappa shape index (κ3) is 10.8. The van der Waals surface area contributed by atoms with Gasteiger partial charge in [0.05, 0.1) is 101 Å². The van der Waals surface area contributed by atoms with Crippen molar-refractivity contribution in [3.8, 4) is 34.5 Å². The summed E-state index contributed by atoms with van der Waals surface area (Å²) in [6.45, 7) is 2.01. The number of ether oxygens (including phenoxy) is 3. The lowest BCUT2D eigenvalue weighted by molar-refractivity contribution is 0.0908. The number of rotatable bonds is 15. The first kappa shape index (κ1) is 67.6. The zero-order chi connectivity index (χ0) is 76.0. The average molecular weight is 1510 g/mol. The predicted octanol–water partition coefficient (Wildman–Crippen LogP) is 17.2. The molecule has 0 aliphatic carbocycles. The Morgan fingerprint density at radius 3 is 0.609 bits per heavy atom. The molecule has 0 bridgehead atoms. The highest BCUT2D eigenvalue weighted by atomic mass is 35.5. The van der Waals surface area contributed by atoms with E-state index in [0.717, 1.165) is 46.1 Å². The normalized spacial score (nSPS) is 14.8. The number of hydrogen-bond donors (Lipinski definition) is 0. The molecule has 0 fully saturated rings. The maximum absolute atomic E-state index is 14.2. The first-order valence-corrected chi connectivity index (χ1v) is 35.0. The van der Waals surface area contributed by atoms with E-state index in [4.69, 9.17) is 49.0 Å². The highest BCUT2D eigenvalue weighted by Crippen LogP contribution is 2.45. The molecule has 21 nitrogen and oxygen atoms in total. The number of nitrogens with zero attached hydrogens (tertiary/aromatic N) is 6. The molecule has 6 heterocycles. The van der Waals surface area contributed by atoms with Crippen molar-refractivity contribution in [2.45, 2.75) is 12.3 Å². The molecule has 12 aromatic carbocycles. The summed E-state index contributed by atoms with van der Waals surface area (Å²) < 4.78 is 19.1. The highest BCUT2D eigenvalue weighted by molar-refractivity contribution is 6.41. The van der Waals surface area contributed by atoms with E-state index in [1.807, 2.05) is 43.3 Å². The van der Waals surface area contributed by atoms with Crippen LogP contribution >= 0.6 is 34.8 Å². The first-order valence-electron chi connectivity index (χ1n) is 33.9. The average Bonchev–Trinajstić information content (AvgIpc) is 1.41. The minimum Gasteiger partial charge on any atom is -0.457 e. The molecular weight excluding hydrogens is 1460 g/mol. The second kappa shape index (κ2) is 25.5. The summed E-state index contributed by atoms with van der Waals surface area (Å²) in [5, 5.41) is 0.826. The van der Waals surface area contributed by atoms with Gasteiger partial charge in [-0.1, -0.05) is 89.4 Å². The van der Waals surface area contributed by atoms with Gasteiger partial charge in [0.15, 0.2) is 0 Å². The van der Waals surface area contributed by atoms with Crippen molar-refractivity contribution in [2.75, 3.05) is 29.4 Å². The fourth-order valence-electron chi connectivity index (χ4n) is 14.7. The standard InChI is InChI=1S/C86H45Cl3N6O15/c1-86(44-11-20-56(21-12-44)108-59-26-32-65-71(41-59)83(105)93(77(65)99)53-8-2-5-50(38-53)90-74(96)62-29-17-47(87)35-68(62)80(90)102,45-13-22-57(23-14-45)109-60-27-33-66-72(42-60)84(106)94(78(66)100)54-9-3-6-51(39-54)91-75(97)63-30-18-48(88)36-69(63)81(91)103)46-15-24-58(25-16-46)110-61-28-34-67-73(43-61)85(107)95(79(67)101)55-10-4-7-52(40-55)92-76(98)64-31-19-49(89)37-70(64)82(92)104/h2-43H,1H3. The number of hydrogen-bond acceptors (Lipinski definition) is 15. The summed E-state index contributed by atoms with van der Waals surface area (Å²) in [4.78, 5) is 171. The molecule has 12 aromatic rings. The van der Waals surface area contributed by atoms with Gasteiger partial charge in [0.2, 0.25) is 0 Å². The SMILES string of the molecule is CC(c1ccc(Oc2ccc3c(c2)C(=O)N(c2cccc(N4C(=O)c5ccc(Cl)cc5C4=O)c2)C3=O)cc1)(c1ccc(Oc2ccc3c(c2)C(=O)N(c2cccc(N4C(=O)c5ccc(Cl)cc5C4=O)c2)C3=O)cc1)c1ccc(Oc2ccc3c(c2)C(=O)N(c2cccc(N4C(=O)c5ccc(Cl)cc5C4=O)c2)C3=O)cc1. The van der Waals surface area contributed by atoms with Crippen LogP contribution in [-0.2, 0) is 5.41 Å². The zero-order valence-electron chi connectivity index (χ0n) is 56.7. The van der Waals surface area contributed by atoms with Crippen LogP contribution in [0.4, 0.5) is 34.1 Å². The minimum absolute atomic E-state index is 0.0552. The Bertz CT molecular complexity index is 5680. The van der Waals surface area contributed by atoms with Crippen LogP contribution < -0.4 is 43.6 Å². The molecule has 6 aliphatic heterocycles. The molecule has 0 atom stereocenters. The van der Waals surface area contributed by atoms with E-state index in [0.29, 0.717) is 17.2 Å². The number of anilines is 6. The number of benzene rings is 12. The molecule has 0 saturated heterocycles. The smallest absolute Gasteiger partial charge is 0.266 e. The van der Waals surface area contributed by atoms with Gasteiger partial charge in [-0.25, -0.2) is 29.4 Å². The van der Waals surface area contributed by atoms with Gasteiger partial charge >= 0.3 is 0 Å². The van der Waals surface area contributed by atoms with Crippen molar-refractivity contribution in [1.29, 1.82) is 0 Å². The van der Waals surface area contributed by atoms with Gasteiger partial charge in [0.1, 0.15) is 34.5 Å². The summed E-state index contributed by atoms with van der Waals surface area (Å²) in [5.74, 6) is -5.65. The number of imide groups is 6. The quantitative estimate of drug-likeness (QED) is 0.0683. The Morgan fingerprint density at radius 2 is 0.391 bits per heavy atom. The van der Waals surface area contributed by atoms with Gasteiger partial charge < -0.3 is 14.2 Å². The number of fused-ring (bicyclic) bond motifs is 6. The summed E-state index contributed by atoms with van der Waals surface area (Å²) in [7, 11) is 0. The fraction of sp³-hybridized carbons (Fsp3) is 0.0233. The van der Waals surface area contributed by atoms with Gasteiger partial charge in [0.25, 0.3) is 70.9 Å². The largest absolute Gasteiger partial charge is 0.457 e. The van der Waals surface area contributed by atoms with E-state index < -0.39 is 76.3 Å². The van der Waals surface area contributed by atoms with E-state index in [1.54, 1.807) is 54.6 Å². The molecule has 24 heteroatoms. The Balaban J connectivity index is 0.607. The molecule has 6 aliphatic rings. The number of carbonyl (C=O) groups is 12. The molecule has 0 unspecified atom stereocenters. The molecule has 12 amide bonds. The van der Waals surface area contributed by atoms with Crippen LogP contribution in [0.15, 0.2) is 255 Å².